The first-order valence-corrected chi connectivity index (χ1v) is 15.8. The molecule has 2 amide bonds. The van der Waals surface area contributed by atoms with Crippen LogP contribution in [-0.4, -0.2) is 66.5 Å². The summed E-state index contributed by atoms with van der Waals surface area (Å²) in [4.78, 5) is 28.6. The molecule has 0 radical (unpaired) electrons. The minimum atomic E-state index is -0.922. The average molecular weight is 575 g/mol. The van der Waals surface area contributed by atoms with Crippen LogP contribution in [-0.2, 0) is 15.0 Å². The van der Waals surface area contributed by atoms with E-state index in [9.17, 15) is 14.7 Å². The Hall–Kier alpha value is -2.38. The van der Waals surface area contributed by atoms with Crippen LogP contribution in [0.5, 0.6) is 0 Å². The number of hydrogen-bond acceptors (Lipinski definition) is 5. The molecule has 0 aliphatic heterocycles. The van der Waals surface area contributed by atoms with E-state index in [1.807, 2.05) is 0 Å². The lowest BCUT2D eigenvalue weighted by Crippen LogP contribution is -2.49. The molecule has 0 heterocycles. The van der Waals surface area contributed by atoms with Gasteiger partial charge in [0.1, 0.15) is 6.04 Å². The third-order valence-corrected chi connectivity index (χ3v) is 7.94. The van der Waals surface area contributed by atoms with Gasteiger partial charge in [0.05, 0.1) is 0 Å². The van der Waals surface area contributed by atoms with Gasteiger partial charge in [0.15, 0.2) is 5.76 Å². The summed E-state index contributed by atoms with van der Waals surface area (Å²) in [6.07, 6.45) is 11.0. The molecular formula is C34H62N4O3. The number of carbonyl (C=O) groups is 2. The highest BCUT2D eigenvalue weighted by Crippen LogP contribution is 2.38. The standard InChI is InChI=1S/C30H51N3O3.C4H11N/c1-9-12-14-30(11-3,25-18-23(5)17-24(6)19-25)15-16-33(21-22(4)13-10-2)26(29(36)32(7)8)20-27(34)28(31)35;1-2-3-4-5/h17-20,22,26,34H,9-16,21H2,1-8H3,(H2,31,35);2-5H2,1H3. The molecule has 0 aliphatic rings. The van der Waals surface area contributed by atoms with Gasteiger partial charge in [-0.05, 0) is 75.5 Å². The first-order valence-electron chi connectivity index (χ1n) is 15.8. The maximum absolute atomic E-state index is 13.3. The highest BCUT2D eigenvalue weighted by Gasteiger charge is 2.34. The molecule has 0 bridgehead atoms. The minimum absolute atomic E-state index is 0.0137. The lowest BCUT2D eigenvalue weighted by molar-refractivity contribution is -0.133. The first-order chi connectivity index (χ1) is 19.3. The number of aliphatic hydroxyl groups is 1. The Morgan fingerprint density at radius 3 is 1.98 bits per heavy atom. The third kappa shape index (κ3) is 13.9. The number of aliphatic hydroxyl groups excluding tert-OH is 1. The summed E-state index contributed by atoms with van der Waals surface area (Å²) >= 11 is 0. The second-order valence-electron chi connectivity index (χ2n) is 12.0. The van der Waals surface area contributed by atoms with Gasteiger partial charge in [0.25, 0.3) is 5.91 Å². The molecule has 1 aromatic rings. The minimum Gasteiger partial charge on any atom is -0.503 e. The highest BCUT2D eigenvalue weighted by molar-refractivity contribution is 5.91. The summed E-state index contributed by atoms with van der Waals surface area (Å²) < 4.78 is 0. The first kappa shape index (κ1) is 38.6. The lowest BCUT2D eigenvalue weighted by atomic mass is 9.71. The monoisotopic (exact) mass is 574 g/mol. The normalized spacial score (nSPS) is 14.6. The van der Waals surface area contributed by atoms with Crippen LogP contribution in [0.2, 0.25) is 0 Å². The number of likely N-dealkylation sites (N-methyl/N-ethyl adjacent to an activating group) is 1. The Balaban J connectivity index is 0.00000292. The van der Waals surface area contributed by atoms with Gasteiger partial charge in [-0.2, -0.15) is 0 Å². The average Bonchev–Trinajstić information content (AvgIpc) is 2.91. The van der Waals surface area contributed by atoms with Crippen molar-refractivity contribution >= 4 is 11.8 Å². The smallest absolute Gasteiger partial charge is 0.283 e. The van der Waals surface area contributed by atoms with Gasteiger partial charge in [0.2, 0.25) is 5.91 Å². The van der Waals surface area contributed by atoms with Gasteiger partial charge >= 0.3 is 0 Å². The fourth-order valence-electron chi connectivity index (χ4n) is 5.49. The third-order valence-electron chi connectivity index (χ3n) is 7.94. The van der Waals surface area contributed by atoms with Crippen LogP contribution in [0.15, 0.2) is 30.0 Å². The van der Waals surface area contributed by atoms with Crippen LogP contribution < -0.4 is 11.5 Å². The molecule has 236 valence electrons. The number of amides is 2. The predicted octanol–water partition coefficient (Wildman–Crippen LogP) is 6.40. The summed E-state index contributed by atoms with van der Waals surface area (Å²) in [7, 11) is 3.40. The molecule has 5 N–H and O–H groups in total. The molecule has 0 saturated heterocycles. The second kappa shape index (κ2) is 20.5. The molecule has 1 rings (SSSR count). The number of carbonyl (C=O) groups excluding carboxylic acids is 2. The van der Waals surface area contributed by atoms with Gasteiger partial charge in [-0.15, -0.1) is 0 Å². The molecule has 7 nitrogen and oxygen atoms in total. The van der Waals surface area contributed by atoms with Crippen molar-refractivity contribution < 1.29 is 14.7 Å². The van der Waals surface area contributed by atoms with Crippen LogP contribution in [0, 0.1) is 19.8 Å². The van der Waals surface area contributed by atoms with Crippen LogP contribution in [0.3, 0.4) is 0 Å². The van der Waals surface area contributed by atoms with E-state index in [-0.39, 0.29) is 11.3 Å². The number of nitrogens with two attached hydrogens (primary N) is 2. The zero-order chi connectivity index (χ0) is 31.6. The maximum atomic E-state index is 13.3. The van der Waals surface area contributed by atoms with Crippen LogP contribution in [0.1, 0.15) is 109 Å². The van der Waals surface area contributed by atoms with Gasteiger partial charge in [-0.3, -0.25) is 14.5 Å². The highest BCUT2D eigenvalue weighted by atomic mass is 16.3. The number of benzene rings is 1. The summed E-state index contributed by atoms with van der Waals surface area (Å²) in [6, 6.07) is 6.09. The maximum Gasteiger partial charge on any atom is 0.283 e. The Kier molecular flexibility index (Phi) is 19.3. The van der Waals surface area contributed by atoms with Crippen LogP contribution >= 0.6 is 0 Å². The quantitative estimate of drug-likeness (QED) is 0.139. The van der Waals surface area contributed by atoms with E-state index in [4.69, 9.17) is 11.5 Å². The van der Waals surface area contributed by atoms with E-state index in [1.54, 1.807) is 14.1 Å². The van der Waals surface area contributed by atoms with Crippen molar-refractivity contribution in [2.24, 2.45) is 17.4 Å². The SMILES string of the molecule is CCCCC(CC)(CCN(CC(C)CCC)C(C=C(O)C(N)=O)C(=O)N(C)C)c1cc(C)cc(C)c1.CCCCN. The van der Waals surface area contributed by atoms with Crippen molar-refractivity contribution in [2.45, 2.75) is 118 Å². The number of rotatable bonds is 18. The predicted molar refractivity (Wildman–Crippen MR) is 174 cm³/mol. The van der Waals surface area contributed by atoms with E-state index < -0.39 is 17.7 Å². The number of nitrogens with zero attached hydrogens (tertiary/aromatic N) is 2. The summed E-state index contributed by atoms with van der Waals surface area (Å²) in [5.74, 6) is -1.29. The van der Waals surface area contributed by atoms with Crippen molar-refractivity contribution in [2.75, 3.05) is 33.7 Å². The molecule has 0 fully saturated rings. The van der Waals surface area contributed by atoms with E-state index in [1.165, 1.54) is 40.5 Å². The Labute approximate surface area is 251 Å². The fourth-order valence-corrected chi connectivity index (χ4v) is 5.49. The van der Waals surface area contributed by atoms with E-state index >= 15 is 0 Å². The number of aryl methyl sites for hydroxylation is 2. The fraction of sp³-hybridized carbons (Fsp3) is 0.706. The Bertz CT molecular complexity index is 908. The number of primary amides is 1. The number of unbranched alkanes of at least 4 members (excludes halogenated alkanes) is 2. The molecule has 0 aliphatic carbocycles. The van der Waals surface area contributed by atoms with Gasteiger partial charge < -0.3 is 21.5 Å². The van der Waals surface area contributed by atoms with Gasteiger partial charge in [-0.25, -0.2) is 0 Å². The largest absolute Gasteiger partial charge is 0.503 e. The van der Waals surface area contributed by atoms with Gasteiger partial charge in [0, 0.05) is 27.2 Å². The molecule has 0 saturated carbocycles. The zero-order valence-electron chi connectivity index (χ0n) is 27.8. The molecule has 3 unspecified atom stereocenters. The van der Waals surface area contributed by atoms with Crippen molar-refractivity contribution in [3.63, 3.8) is 0 Å². The molecule has 0 aromatic heterocycles. The van der Waals surface area contributed by atoms with Crippen molar-refractivity contribution in [1.82, 2.24) is 9.80 Å². The summed E-state index contributed by atoms with van der Waals surface area (Å²) in [5, 5.41) is 10.2. The molecule has 3 atom stereocenters. The van der Waals surface area contributed by atoms with E-state index in [0.717, 1.165) is 51.5 Å². The van der Waals surface area contributed by atoms with Crippen LogP contribution in [0.25, 0.3) is 0 Å². The van der Waals surface area contributed by atoms with Crippen LogP contribution in [0.4, 0.5) is 0 Å². The lowest BCUT2D eigenvalue weighted by Gasteiger charge is -2.39. The Morgan fingerprint density at radius 2 is 1.56 bits per heavy atom. The van der Waals surface area contributed by atoms with Crippen molar-refractivity contribution in [1.29, 1.82) is 0 Å². The van der Waals surface area contributed by atoms with E-state index in [0.29, 0.717) is 19.0 Å². The topological polar surface area (TPSA) is 113 Å². The number of hydrogen-bond donors (Lipinski definition) is 3. The molecule has 7 heteroatoms. The van der Waals surface area contributed by atoms with E-state index in [2.05, 4.69) is 71.6 Å². The zero-order valence-corrected chi connectivity index (χ0v) is 27.8. The molecular weight excluding hydrogens is 512 g/mol. The summed E-state index contributed by atoms with van der Waals surface area (Å²) in [5.41, 5.74) is 14.4. The second-order valence-corrected chi connectivity index (χ2v) is 12.0. The molecule has 1 aromatic carbocycles. The van der Waals surface area contributed by atoms with Crippen molar-refractivity contribution in [3.8, 4) is 0 Å². The van der Waals surface area contributed by atoms with Crippen molar-refractivity contribution in [3.05, 3.63) is 46.7 Å². The Morgan fingerprint density at radius 1 is 0.976 bits per heavy atom. The molecule has 0 spiro atoms. The van der Waals surface area contributed by atoms with Gasteiger partial charge in [-0.1, -0.05) is 89.6 Å². The molecule has 41 heavy (non-hydrogen) atoms. The summed E-state index contributed by atoms with van der Waals surface area (Å²) in [6.45, 7) is 17.5.